The molecule has 3 rings (SSSR count). The predicted molar refractivity (Wildman–Crippen MR) is 106 cm³/mol. The highest BCUT2D eigenvalue weighted by molar-refractivity contribution is 7.93. The molecule has 0 radical (unpaired) electrons. The van der Waals surface area contributed by atoms with E-state index in [1.54, 1.807) is 43.3 Å². The number of hydrogen-bond donors (Lipinski definition) is 0. The second-order valence-electron chi connectivity index (χ2n) is 6.47. The molecule has 2 aromatic carbocycles. The lowest BCUT2D eigenvalue weighted by atomic mass is 10.2. The number of halogens is 1. The number of sulfonamides is 1. The summed E-state index contributed by atoms with van der Waals surface area (Å²) in [5.74, 6) is 0.334. The zero-order valence-corrected chi connectivity index (χ0v) is 17.3. The molecule has 2 aromatic rings. The Labute approximate surface area is 164 Å². The molecule has 0 amide bonds. The van der Waals surface area contributed by atoms with E-state index in [1.165, 1.54) is 17.5 Å². The average molecular weight is 430 g/mol. The molecule has 0 saturated carbocycles. The minimum Gasteiger partial charge on any atom is -0.497 e. The molecule has 0 aliphatic carbocycles. The molecule has 1 unspecified atom stereocenters. The third-order valence-electron chi connectivity index (χ3n) is 4.55. The number of ether oxygens (including phenoxy) is 1. The van der Waals surface area contributed by atoms with Gasteiger partial charge in [-0.05, 0) is 55.3 Å². The van der Waals surface area contributed by atoms with Crippen molar-refractivity contribution in [3.8, 4) is 5.75 Å². The van der Waals surface area contributed by atoms with Gasteiger partial charge in [-0.3, -0.25) is 4.31 Å². The van der Waals surface area contributed by atoms with Crippen LogP contribution in [0, 0.1) is 6.92 Å². The Kier molecular flexibility index (Phi) is 5.42. The molecule has 1 atom stereocenters. The Morgan fingerprint density at radius 1 is 1.15 bits per heavy atom. The molecule has 1 fully saturated rings. The van der Waals surface area contributed by atoms with E-state index < -0.39 is 25.9 Å². The van der Waals surface area contributed by atoms with E-state index >= 15 is 0 Å². The maximum absolute atomic E-state index is 13.5. The summed E-state index contributed by atoms with van der Waals surface area (Å²) in [5, 5.41) is 0.299. The first-order valence-corrected chi connectivity index (χ1v) is 11.9. The van der Waals surface area contributed by atoms with Gasteiger partial charge in [0.2, 0.25) is 0 Å². The van der Waals surface area contributed by atoms with E-state index in [9.17, 15) is 16.8 Å². The van der Waals surface area contributed by atoms with Crippen LogP contribution in [0.4, 0.5) is 5.69 Å². The lowest BCUT2D eigenvalue weighted by molar-refractivity contribution is 0.415. The van der Waals surface area contributed by atoms with E-state index in [1.807, 2.05) is 0 Å². The maximum Gasteiger partial charge on any atom is 0.264 e. The van der Waals surface area contributed by atoms with Crippen LogP contribution in [0.2, 0.25) is 5.02 Å². The number of aryl methyl sites for hydroxylation is 1. The second kappa shape index (κ2) is 7.33. The van der Waals surface area contributed by atoms with Crippen LogP contribution in [0.5, 0.6) is 5.75 Å². The molecule has 1 aliphatic heterocycles. The predicted octanol–water partition coefficient (Wildman–Crippen LogP) is 3.04. The summed E-state index contributed by atoms with van der Waals surface area (Å²) in [7, 11) is -5.78. The fraction of sp³-hybridized carbons (Fsp3) is 0.333. The zero-order valence-electron chi connectivity index (χ0n) is 14.9. The van der Waals surface area contributed by atoms with Gasteiger partial charge < -0.3 is 4.74 Å². The van der Waals surface area contributed by atoms with Crippen LogP contribution in [0.15, 0.2) is 47.4 Å². The average Bonchev–Trinajstić information content (AvgIpc) is 2.97. The van der Waals surface area contributed by atoms with Gasteiger partial charge in [0.05, 0.1) is 35.2 Å². The lowest BCUT2D eigenvalue weighted by Gasteiger charge is -2.30. The molecular weight excluding hydrogens is 410 g/mol. The number of anilines is 1. The van der Waals surface area contributed by atoms with E-state index in [2.05, 4.69) is 0 Å². The van der Waals surface area contributed by atoms with E-state index in [0.29, 0.717) is 22.0 Å². The number of sulfone groups is 1. The fourth-order valence-corrected chi connectivity index (χ4v) is 7.16. The third kappa shape index (κ3) is 4.07. The molecule has 1 aliphatic rings. The highest BCUT2D eigenvalue weighted by Crippen LogP contribution is 2.33. The summed E-state index contributed by atoms with van der Waals surface area (Å²) in [4.78, 5) is 0.0649. The van der Waals surface area contributed by atoms with Crippen molar-refractivity contribution >= 4 is 37.1 Å². The Balaban J connectivity index is 2.15. The minimum atomic E-state index is -4.02. The van der Waals surface area contributed by atoms with Gasteiger partial charge in [0, 0.05) is 5.02 Å². The minimum absolute atomic E-state index is 0.0334. The summed E-state index contributed by atoms with van der Waals surface area (Å²) in [6.45, 7) is 1.68. The van der Waals surface area contributed by atoms with Crippen LogP contribution in [0.3, 0.4) is 0 Å². The Morgan fingerprint density at radius 3 is 2.37 bits per heavy atom. The van der Waals surface area contributed by atoms with E-state index in [0.717, 1.165) is 0 Å². The van der Waals surface area contributed by atoms with Gasteiger partial charge in [-0.1, -0.05) is 17.7 Å². The number of rotatable bonds is 5. The molecule has 0 spiro atoms. The normalized spacial score (nSPS) is 19.0. The van der Waals surface area contributed by atoms with Crippen LogP contribution in [-0.2, 0) is 19.9 Å². The molecule has 0 N–H and O–H groups in total. The summed E-state index contributed by atoms with van der Waals surface area (Å²) >= 11 is 6.02. The van der Waals surface area contributed by atoms with E-state index in [-0.39, 0.29) is 22.8 Å². The van der Waals surface area contributed by atoms with Crippen molar-refractivity contribution in [1.82, 2.24) is 0 Å². The number of hydrogen-bond acceptors (Lipinski definition) is 5. The Hall–Kier alpha value is -1.77. The highest BCUT2D eigenvalue weighted by Gasteiger charge is 2.39. The molecule has 1 saturated heterocycles. The molecule has 1 heterocycles. The van der Waals surface area contributed by atoms with Crippen LogP contribution in [-0.4, -0.2) is 41.5 Å². The van der Waals surface area contributed by atoms with Gasteiger partial charge in [-0.15, -0.1) is 0 Å². The summed E-state index contributed by atoms with van der Waals surface area (Å²) in [6.07, 6.45) is 0.243. The number of methoxy groups -OCH3 is 1. The lowest BCUT2D eigenvalue weighted by Crippen LogP contribution is -2.41. The molecule has 146 valence electrons. The van der Waals surface area contributed by atoms with Crippen molar-refractivity contribution in [3.05, 3.63) is 53.1 Å². The van der Waals surface area contributed by atoms with E-state index in [4.69, 9.17) is 16.3 Å². The topological polar surface area (TPSA) is 80.8 Å². The largest absolute Gasteiger partial charge is 0.497 e. The van der Waals surface area contributed by atoms with Crippen molar-refractivity contribution < 1.29 is 21.6 Å². The molecule has 6 nitrogen and oxygen atoms in total. The Morgan fingerprint density at radius 2 is 1.81 bits per heavy atom. The highest BCUT2D eigenvalue weighted by atomic mass is 35.5. The van der Waals surface area contributed by atoms with Crippen molar-refractivity contribution in [3.63, 3.8) is 0 Å². The fourth-order valence-electron chi connectivity index (χ4n) is 3.19. The molecule has 27 heavy (non-hydrogen) atoms. The van der Waals surface area contributed by atoms with Gasteiger partial charge in [0.15, 0.2) is 9.84 Å². The first-order valence-electron chi connectivity index (χ1n) is 8.29. The summed E-state index contributed by atoms with van der Waals surface area (Å²) in [6, 6.07) is 10.5. The van der Waals surface area contributed by atoms with Gasteiger partial charge in [-0.2, -0.15) is 0 Å². The maximum atomic E-state index is 13.5. The SMILES string of the molecule is COc1ccc(N(C2CCS(=O)(=O)C2)S(=O)(=O)c2cc(Cl)ccc2C)cc1. The number of nitrogens with zero attached hydrogens (tertiary/aromatic N) is 1. The van der Waals surface area contributed by atoms with Crippen molar-refractivity contribution in [1.29, 1.82) is 0 Å². The van der Waals surface area contributed by atoms with Gasteiger partial charge in [0.25, 0.3) is 10.0 Å². The molecule has 9 heteroatoms. The summed E-state index contributed by atoms with van der Waals surface area (Å²) < 4.78 is 57.3. The second-order valence-corrected chi connectivity index (χ2v) is 10.9. The van der Waals surface area contributed by atoms with Crippen LogP contribution in [0.25, 0.3) is 0 Å². The standard InChI is InChI=1S/C18H20ClNO5S2/c1-13-3-4-14(19)11-18(13)27(23,24)20(16-9-10-26(21,22)12-16)15-5-7-17(25-2)8-6-15/h3-8,11,16H,9-10,12H2,1-2H3. The van der Waals surface area contributed by atoms with Crippen LogP contribution >= 0.6 is 11.6 Å². The first kappa shape index (κ1) is 20.0. The molecular formula is C18H20ClNO5S2. The monoisotopic (exact) mass is 429 g/mol. The zero-order chi connectivity index (χ0) is 19.8. The quantitative estimate of drug-likeness (QED) is 0.729. The third-order valence-corrected chi connectivity index (χ3v) is 8.56. The van der Waals surface area contributed by atoms with Crippen molar-refractivity contribution in [2.45, 2.75) is 24.3 Å². The smallest absolute Gasteiger partial charge is 0.264 e. The van der Waals surface area contributed by atoms with Crippen LogP contribution in [0.1, 0.15) is 12.0 Å². The van der Waals surface area contributed by atoms with Gasteiger partial charge >= 0.3 is 0 Å². The van der Waals surface area contributed by atoms with Gasteiger partial charge in [-0.25, -0.2) is 16.8 Å². The first-order chi connectivity index (χ1) is 12.6. The van der Waals surface area contributed by atoms with Gasteiger partial charge in [0.1, 0.15) is 5.75 Å². The molecule has 0 aromatic heterocycles. The van der Waals surface area contributed by atoms with Crippen molar-refractivity contribution in [2.24, 2.45) is 0 Å². The Bertz CT molecular complexity index is 1050. The number of benzene rings is 2. The van der Waals surface area contributed by atoms with Crippen molar-refractivity contribution in [2.75, 3.05) is 22.9 Å². The summed E-state index contributed by atoms with van der Waals surface area (Å²) in [5.41, 5.74) is 0.927. The molecule has 0 bridgehead atoms. The van der Waals surface area contributed by atoms with Crippen LogP contribution < -0.4 is 9.04 Å².